The molecule has 0 bridgehead atoms. The number of benzene rings is 1. The maximum absolute atomic E-state index is 12.9. The first-order valence-electron chi connectivity index (χ1n) is 4.71. The maximum Gasteiger partial charge on any atom is 0.159 e. The minimum absolute atomic E-state index is 0.371. The van der Waals surface area contributed by atoms with Crippen molar-refractivity contribution in [1.29, 1.82) is 0 Å². The molecule has 0 spiro atoms. The molecule has 3 nitrogen and oxygen atoms in total. The number of hydrogen-bond acceptors (Lipinski definition) is 3. The van der Waals surface area contributed by atoms with Crippen molar-refractivity contribution in [2.45, 2.75) is 6.54 Å². The van der Waals surface area contributed by atoms with Crippen molar-refractivity contribution in [3.8, 4) is 0 Å². The van der Waals surface area contributed by atoms with Crippen molar-refractivity contribution in [2.24, 2.45) is 0 Å². The molecule has 0 atom stereocenters. The molecule has 5 heteroatoms. The van der Waals surface area contributed by atoms with Gasteiger partial charge in [0.05, 0.1) is 0 Å². The summed E-state index contributed by atoms with van der Waals surface area (Å²) >= 11 is 0. The van der Waals surface area contributed by atoms with Crippen molar-refractivity contribution in [3.05, 3.63) is 53.7 Å². The van der Waals surface area contributed by atoms with E-state index in [9.17, 15) is 8.78 Å². The second-order valence-electron chi connectivity index (χ2n) is 3.21. The third-order valence-electron chi connectivity index (χ3n) is 2.03. The third-order valence-corrected chi connectivity index (χ3v) is 2.03. The van der Waals surface area contributed by atoms with Gasteiger partial charge in [0.1, 0.15) is 5.82 Å². The van der Waals surface area contributed by atoms with E-state index in [2.05, 4.69) is 15.5 Å². The number of rotatable bonds is 3. The summed E-state index contributed by atoms with van der Waals surface area (Å²) in [5.41, 5.74) is 0.643. The molecule has 0 aliphatic carbocycles. The summed E-state index contributed by atoms with van der Waals surface area (Å²) in [5.74, 6) is -1.10. The zero-order valence-electron chi connectivity index (χ0n) is 8.32. The Hall–Kier alpha value is -2.04. The highest BCUT2D eigenvalue weighted by Gasteiger charge is 2.02. The molecule has 0 saturated carbocycles. The minimum Gasteiger partial charge on any atom is -0.365 e. The summed E-state index contributed by atoms with van der Waals surface area (Å²) in [6, 6.07) is 7.25. The second kappa shape index (κ2) is 4.65. The van der Waals surface area contributed by atoms with Gasteiger partial charge in [0, 0.05) is 12.7 Å². The van der Waals surface area contributed by atoms with Crippen molar-refractivity contribution >= 4 is 5.82 Å². The number of aromatic nitrogens is 2. The van der Waals surface area contributed by atoms with Gasteiger partial charge in [-0.05, 0) is 29.8 Å². The average Bonchev–Trinajstić information content (AvgIpc) is 2.32. The van der Waals surface area contributed by atoms with E-state index >= 15 is 0 Å². The van der Waals surface area contributed by atoms with Gasteiger partial charge in [-0.1, -0.05) is 6.07 Å². The van der Waals surface area contributed by atoms with Gasteiger partial charge in [-0.2, -0.15) is 5.10 Å². The fourth-order valence-electron chi connectivity index (χ4n) is 1.24. The molecule has 1 aromatic heterocycles. The lowest BCUT2D eigenvalue weighted by Gasteiger charge is -2.04. The third kappa shape index (κ3) is 2.50. The van der Waals surface area contributed by atoms with E-state index in [4.69, 9.17) is 0 Å². The molecule has 2 rings (SSSR count). The van der Waals surface area contributed by atoms with E-state index in [1.165, 1.54) is 6.07 Å². The van der Waals surface area contributed by atoms with Crippen molar-refractivity contribution in [3.63, 3.8) is 0 Å². The Bertz CT molecular complexity index is 474. The highest BCUT2D eigenvalue weighted by Crippen LogP contribution is 2.10. The predicted molar refractivity (Wildman–Crippen MR) is 55.7 cm³/mol. The first-order valence-corrected chi connectivity index (χ1v) is 4.71. The van der Waals surface area contributed by atoms with Crippen LogP contribution < -0.4 is 5.32 Å². The monoisotopic (exact) mass is 221 g/mol. The standard InChI is InChI=1S/C11H9F2N3/c12-9-4-3-8(6-10(9)13)7-14-11-2-1-5-15-16-11/h1-6H,7H2,(H,14,16). The van der Waals surface area contributed by atoms with E-state index in [0.717, 1.165) is 12.1 Å². The van der Waals surface area contributed by atoms with Crippen LogP contribution in [0, 0.1) is 11.6 Å². The molecule has 1 heterocycles. The van der Waals surface area contributed by atoms with Crippen molar-refractivity contribution < 1.29 is 8.78 Å². The van der Waals surface area contributed by atoms with Crippen LogP contribution in [-0.4, -0.2) is 10.2 Å². The first-order chi connectivity index (χ1) is 7.75. The summed E-state index contributed by atoms with van der Waals surface area (Å²) in [7, 11) is 0. The van der Waals surface area contributed by atoms with Crippen LogP contribution in [0.1, 0.15) is 5.56 Å². The molecule has 1 aromatic carbocycles. The summed E-state index contributed by atoms with van der Waals surface area (Å²) in [5, 5.41) is 10.4. The molecule has 0 fully saturated rings. The van der Waals surface area contributed by atoms with Gasteiger partial charge >= 0.3 is 0 Å². The Labute approximate surface area is 91.1 Å². The molecule has 0 unspecified atom stereocenters. The Morgan fingerprint density at radius 1 is 1.12 bits per heavy atom. The van der Waals surface area contributed by atoms with Crippen LogP contribution in [0.4, 0.5) is 14.6 Å². The molecule has 0 aliphatic heterocycles. The Morgan fingerprint density at radius 3 is 2.69 bits per heavy atom. The van der Waals surface area contributed by atoms with E-state index in [1.807, 2.05) is 0 Å². The van der Waals surface area contributed by atoms with Crippen LogP contribution in [0.5, 0.6) is 0 Å². The zero-order chi connectivity index (χ0) is 11.4. The van der Waals surface area contributed by atoms with E-state index < -0.39 is 11.6 Å². The number of anilines is 1. The molecule has 0 saturated heterocycles. The highest BCUT2D eigenvalue weighted by atomic mass is 19.2. The first kappa shape index (κ1) is 10.5. The quantitative estimate of drug-likeness (QED) is 0.864. The van der Waals surface area contributed by atoms with E-state index in [1.54, 1.807) is 18.3 Å². The van der Waals surface area contributed by atoms with Crippen LogP contribution in [-0.2, 0) is 6.54 Å². The normalized spacial score (nSPS) is 10.1. The number of nitrogens with zero attached hydrogens (tertiary/aromatic N) is 2. The topological polar surface area (TPSA) is 37.8 Å². The molecular formula is C11H9F2N3. The lowest BCUT2D eigenvalue weighted by Crippen LogP contribution is -2.02. The van der Waals surface area contributed by atoms with Crippen LogP contribution in [0.2, 0.25) is 0 Å². The van der Waals surface area contributed by atoms with Gasteiger partial charge in [-0.3, -0.25) is 0 Å². The number of nitrogens with one attached hydrogen (secondary N) is 1. The fourth-order valence-corrected chi connectivity index (χ4v) is 1.24. The number of halogens is 2. The molecule has 0 amide bonds. The van der Waals surface area contributed by atoms with Crippen LogP contribution in [0.3, 0.4) is 0 Å². The predicted octanol–water partition coefficient (Wildman–Crippen LogP) is 2.37. The fraction of sp³-hybridized carbons (Fsp3) is 0.0909. The smallest absolute Gasteiger partial charge is 0.159 e. The summed E-state index contributed by atoms with van der Waals surface area (Å²) in [6.07, 6.45) is 1.56. The van der Waals surface area contributed by atoms with Gasteiger partial charge in [-0.25, -0.2) is 8.78 Å². The minimum atomic E-state index is -0.849. The average molecular weight is 221 g/mol. The van der Waals surface area contributed by atoms with Crippen LogP contribution in [0.25, 0.3) is 0 Å². The van der Waals surface area contributed by atoms with Gasteiger partial charge in [-0.15, -0.1) is 5.10 Å². The van der Waals surface area contributed by atoms with Crippen LogP contribution in [0.15, 0.2) is 36.5 Å². The summed E-state index contributed by atoms with van der Waals surface area (Å²) < 4.78 is 25.5. The van der Waals surface area contributed by atoms with Gasteiger partial charge in [0.2, 0.25) is 0 Å². The van der Waals surface area contributed by atoms with Crippen LogP contribution >= 0.6 is 0 Å². The molecule has 0 radical (unpaired) electrons. The van der Waals surface area contributed by atoms with E-state index in [-0.39, 0.29) is 0 Å². The van der Waals surface area contributed by atoms with Crippen molar-refractivity contribution in [2.75, 3.05) is 5.32 Å². The zero-order valence-corrected chi connectivity index (χ0v) is 8.32. The lowest BCUT2D eigenvalue weighted by molar-refractivity contribution is 0.507. The Kier molecular flexibility index (Phi) is 3.05. The van der Waals surface area contributed by atoms with Gasteiger partial charge in [0.25, 0.3) is 0 Å². The molecule has 0 aliphatic rings. The number of hydrogen-bond donors (Lipinski definition) is 1. The molecule has 1 N–H and O–H groups in total. The molecular weight excluding hydrogens is 212 g/mol. The molecule has 2 aromatic rings. The lowest BCUT2D eigenvalue weighted by atomic mass is 10.2. The Morgan fingerprint density at radius 2 is 2.00 bits per heavy atom. The largest absolute Gasteiger partial charge is 0.365 e. The van der Waals surface area contributed by atoms with Gasteiger partial charge < -0.3 is 5.32 Å². The van der Waals surface area contributed by atoms with Gasteiger partial charge in [0.15, 0.2) is 11.6 Å². The molecule has 16 heavy (non-hydrogen) atoms. The maximum atomic E-state index is 12.9. The SMILES string of the molecule is Fc1ccc(CNc2cccnn2)cc1F. The van der Waals surface area contributed by atoms with Crippen molar-refractivity contribution in [1.82, 2.24) is 10.2 Å². The second-order valence-corrected chi connectivity index (χ2v) is 3.21. The summed E-state index contributed by atoms with van der Waals surface area (Å²) in [6.45, 7) is 0.371. The van der Waals surface area contributed by atoms with E-state index in [0.29, 0.717) is 17.9 Å². The highest BCUT2D eigenvalue weighted by molar-refractivity contribution is 5.33. The molecule has 82 valence electrons. The Balaban J connectivity index is 2.03. The summed E-state index contributed by atoms with van der Waals surface area (Å²) in [4.78, 5) is 0.